The molecule has 0 fully saturated rings. The van der Waals surface area contributed by atoms with Crippen molar-refractivity contribution in [1.82, 2.24) is 10.2 Å². The first-order valence-electron chi connectivity index (χ1n) is 4.17. The normalized spacial score (nSPS) is 11.6. The van der Waals surface area contributed by atoms with Crippen molar-refractivity contribution >= 4 is 44.5 Å². The quantitative estimate of drug-likeness (QED) is 0.831. The first-order chi connectivity index (χ1) is 6.81. The van der Waals surface area contributed by atoms with Gasteiger partial charge in [-0.25, -0.2) is 0 Å². The minimum absolute atomic E-state index is 0.505. The van der Waals surface area contributed by atoms with E-state index in [0.717, 1.165) is 21.1 Å². The second kappa shape index (κ2) is 4.15. The van der Waals surface area contributed by atoms with E-state index >= 15 is 0 Å². The summed E-state index contributed by atoms with van der Waals surface area (Å²) in [6.07, 6.45) is 3.79. The van der Waals surface area contributed by atoms with Gasteiger partial charge in [0.15, 0.2) is 0 Å². The van der Waals surface area contributed by atoms with E-state index in [9.17, 15) is 0 Å². The van der Waals surface area contributed by atoms with Crippen molar-refractivity contribution in [2.24, 2.45) is 0 Å². The summed E-state index contributed by atoms with van der Waals surface area (Å²) in [6.45, 7) is 0. The average Bonchev–Trinajstić information content (AvgIpc) is 2.57. The van der Waals surface area contributed by atoms with Crippen LogP contribution in [0.15, 0.2) is 28.7 Å². The number of aromatic nitrogens is 2. The van der Waals surface area contributed by atoms with Gasteiger partial charge in [0, 0.05) is 15.7 Å². The van der Waals surface area contributed by atoms with Crippen LogP contribution in [-0.4, -0.2) is 16.1 Å². The van der Waals surface area contributed by atoms with Gasteiger partial charge < -0.3 is 0 Å². The van der Waals surface area contributed by atoms with E-state index < -0.39 is 0 Å². The zero-order valence-corrected chi connectivity index (χ0v) is 9.64. The number of hydrogen-bond donors (Lipinski definition) is 1. The number of fused-ring (bicyclic) bond motifs is 1. The van der Waals surface area contributed by atoms with E-state index in [4.69, 9.17) is 11.6 Å². The van der Waals surface area contributed by atoms with Crippen LogP contribution in [0.3, 0.4) is 0 Å². The summed E-state index contributed by atoms with van der Waals surface area (Å²) in [4.78, 5) is 0. The van der Waals surface area contributed by atoms with E-state index in [1.165, 1.54) is 0 Å². The number of allylic oxidation sites excluding steroid dienone is 1. The topological polar surface area (TPSA) is 28.7 Å². The van der Waals surface area contributed by atoms with Gasteiger partial charge in [-0.1, -0.05) is 22.0 Å². The maximum atomic E-state index is 5.56. The fourth-order valence-electron chi connectivity index (χ4n) is 1.30. The highest BCUT2D eigenvalue weighted by Crippen LogP contribution is 2.21. The van der Waals surface area contributed by atoms with Gasteiger partial charge in [0.05, 0.1) is 11.2 Å². The fourth-order valence-corrected chi connectivity index (χ4v) is 1.75. The standard InChI is InChI=1S/C10H8BrClN2/c11-7-3-4-8-9(2-1-5-12)13-14-10(8)6-7/h1-4,6H,5H2,(H,13,14). The zero-order chi connectivity index (χ0) is 9.97. The molecule has 2 nitrogen and oxygen atoms in total. The number of hydrogen-bond acceptors (Lipinski definition) is 1. The van der Waals surface area contributed by atoms with E-state index in [1.54, 1.807) is 0 Å². The highest BCUT2D eigenvalue weighted by Gasteiger charge is 2.01. The Hall–Kier alpha value is -0.800. The van der Waals surface area contributed by atoms with Crippen LogP contribution in [0.2, 0.25) is 0 Å². The summed E-state index contributed by atoms with van der Waals surface area (Å²) in [6, 6.07) is 6.02. The second-order valence-corrected chi connectivity index (χ2v) is 4.08. The van der Waals surface area contributed by atoms with Crippen LogP contribution in [-0.2, 0) is 0 Å². The van der Waals surface area contributed by atoms with Crippen molar-refractivity contribution in [2.45, 2.75) is 0 Å². The van der Waals surface area contributed by atoms with Crippen LogP contribution in [0, 0.1) is 0 Å². The highest BCUT2D eigenvalue weighted by molar-refractivity contribution is 9.10. The molecule has 2 rings (SSSR count). The smallest absolute Gasteiger partial charge is 0.0924 e. The van der Waals surface area contributed by atoms with Gasteiger partial charge in [0.25, 0.3) is 0 Å². The zero-order valence-electron chi connectivity index (χ0n) is 7.30. The van der Waals surface area contributed by atoms with Gasteiger partial charge in [0.1, 0.15) is 0 Å². The van der Waals surface area contributed by atoms with Gasteiger partial charge in [-0.3, -0.25) is 5.10 Å². The molecule has 0 atom stereocenters. The molecule has 0 spiro atoms. The molecule has 1 aromatic heterocycles. The van der Waals surface area contributed by atoms with Crippen LogP contribution in [0.1, 0.15) is 5.69 Å². The number of nitrogens with zero attached hydrogens (tertiary/aromatic N) is 1. The number of benzene rings is 1. The molecule has 1 heterocycles. The average molecular weight is 272 g/mol. The van der Waals surface area contributed by atoms with Gasteiger partial charge in [0.2, 0.25) is 0 Å². The number of aromatic amines is 1. The van der Waals surface area contributed by atoms with Gasteiger partial charge in [-0.15, -0.1) is 11.6 Å². The molecule has 2 aromatic rings. The second-order valence-electron chi connectivity index (χ2n) is 2.86. The molecule has 0 unspecified atom stereocenters. The molecule has 0 aliphatic carbocycles. The number of H-pyrrole nitrogens is 1. The van der Waals surface area contributed by atoms with Crippen LogP contribution in [0.25, 0.3) is 17.0 Å². The van der Waals surface area contributed by atoms with Crippen molar-refractivity contribution in [3.63, 3.8) is 0 Å². The summed E-state index contributed by atoms with van der Waals surface area (Å²) in [5.74, 6) is 0.505. The predicted molar refractivity (Wildman–Crippen MR) is 63.5 cm³/mol. The highest BCUT2D eigenvalue weighted by atomic mass is 79.9. The van der Waals surface area contributed by atoms with Crippen molar-refractivity contribution in [3.05, 3.63) is 34.4 Å². The monoisotopic (exact) mass is 270 g/mol. The van der Waals surface area contributed by atoms with Gasteiger partial charge in [-0.05, 0) is 24.3 Å². The maximum absolute atomic E-state index is 5.56. The molecule has 0 bridgehead atoms. The van der Waals surface area contributed by atoms with Crippen molar-refractivity contribution < 1.29 is 0 Å². The van der Waals surface area contributed by atoms with E-state index in [-0.39, 0.29) is 0 Å². The lowest BCUT2D eigenvalue weighted by Crippen LogP contribution is -1.72. The van der Waals surface area contributed by atoms with Crippen molar-refractivity contribution in [1.29, 1.82) is 0 Å². The third-order valence-electron chi connectivity index (χ3n) is 1.92. The summed E-state index contributed by atoms with van der Waals surface area (Å²) in [5, 5.41) is 8.25. The van der Waals surface area contributed by atoms with E-state index in [0.29, 0.717) is 5.88 Å². The third-order valence-corrected chi connectivity index (χ3v) is 2.59. The van der Waals surface area contributed by atoms with E-state index in [2.05, 4.69) is 26.1 Å². The molecule has 72 valence electrons. The number of nitrogens with one attached hydrogen (secondary N) is 1. The molecule has 0 aliphatic heterocycles. The Bertz CT molecular complexity index is 476. The molecule has 4 heteroatoms. The van der Waals surface area contributed by atoms with Gasteiger partial charge in [-0.2, -0.15) is 5.10 Å². The van der Waals surface area contributed by atoms with Gasteiger partial charge >= 0.3 is 0 Å². The minimum Gasteiger partial charge on any atom is -0.277 e. The molecule has 1 aromatic carbocycles. The van der Waals surface area contributed by atoms with Crippen LogP contribution in [0.4, 0.5) is 0 Å². The molecule has 14 heavy (non-hydrogen) atoms. The number of rotatable bonds is 2. The Morgan fingerprint density at radius 1 is 1.50 bits per heavy atom. The van der Waals surface area contributed by atoms with Crippen LogP contribution in [0.5, 0.6) is 0 Å². The fraction of sp³-hybridized carbons (Fsp3) is 0.100. The van der Waals surface area contributed by atoms with Crippen LogP contribution >= 0.6 is 27.5 Å². The lowest BCUT2D eigenvalue weighted by molar-refractivity contribution is 1.10. The Labute approximate surface area is 95.1 Å². The van der Waals surface area contributed by atoms with Crippen LogP contribution < -0.4 is 0 Å². The lowest BCUT2D eigenvalue weighted by Gasteiger charge is -1.90. The number of halogens is 2. The lowest BCUT2D eigenvalue weighted by atomic mass is 10.2. The van der Waals surface area contributed by atoms with Crippen molar-refractivity contribution in [2.75, 3.05) is 5.88 Å². The third kappa shape index (κ3) is 1.83. The molecular weight excluding hydrogens is 263 g/mol. The maximum Gasteiger partial charge on any atom is 0.0924 e. The SMILES string of the molecule is ClCC=Cc1n[nH]c2cc(Br)ccc12. The first kappa shape index (κ1) is 9.74. The molecular formula is C10H8BrClN2. The Balaban J connectivity index is 2.53. The number of alkyl halides is 1. The summed E-state index contributed by atoms with van der Waals surface area (Å²) in [7, 11) is 0. The molecule has 0 radical (unpaired) electrons. The minimum atomic E-state index is 0.505. The largest absolute Gasteiger partial charge is 0.277 e. The summed E-state index contributed by atoms with van der Waals surface area (Å²) < 4.78 is 1.04. The molecule has 0 saturated carbocycles. The molecule has 0 amide bonds. The van der Waals surface area contributed by atoms with Crippen molar-refractivity contribution in [3.8, 4) is 0 Å². The Kier molecular flexibility index (Phi) is 2.89. The molecule has 0 aliphatic rings. The molecule has 0 saturated heterocycles. The predicted octanol–water partition coefficient (Wildman–Crippen LogP) is 3.58. The molecule has 1 N–H and O–H groups in total. The first-order valence-corrected chi connectivity index (χ1v) is 5.50. The summed E-state index contributed by atoms with van der Waals surface area (Å²) >= 11 is 8.97. The Morgan fingerprint density at radius 2 is 2.36 bits per heavy atom. The van der Waals surface area contributed by atoms with E-state index in [1.807, 2.05) is 30.4 Å². The Morgan fingerprint density at radius 3 is 3.14 bits per heavy atom. The summed E-state index contributed by atoms with van der Waals surface area (Å²) in [5.41, 5.74) is 1.95.